The van der Waals surface area contributed by atoms with Gasteiger partial charge in [-0.05, 0) is 104 Å². The molecule has 8 heteroatoms. The van der Waals surface area contributed by atoms with E-state index in [0.717, 1.165) is 57.1 Å². The van der Waals surface area contributed by atoms with Gasteiger partial charge in [-0.25, -0.2) is 4.79 Å². The Balaban J connectivity index is 0.000000132. The fourth-order valence-electron chi connectivity index (χ4n) is 6.29. The molecule has 0 aromatic heterocycles. The highest BCUT2D eigenvalue weighted by Crippen LogP contribution is 2.50. The van der Waals surface area contributed by atoms with Crippen LogP contribution in [0.3, 0.4) is 0 Å². The lowest BCUT2D eigenvalue weighted by molar-refractivity contribution is -0.106. The van der Waals surface area contributed by atoms with E-state index in [2.05, 4.69) is 29.9 Å². The monoisotopic (exact) mass is 537 g/mol. The van der Waals surface area contributed by atoms with Crippen molar-refractivity contribution in [3.05, 3.63) is 0 Å². The second kappa shape index (κ2) is 11.1. The van der Waals surface area contributed by atoms with Crippen LogP contribution in [0.15, 0.2) is 0 Å². The standard InChI is InChI=1S/C11H20N2O2.C10H17N.C8H18O2Si/c1-10(2,3)15-9(14)13-7-11(8-13)4-5-12-6-11;1-4-10(5-1)6-7-11(8-10)9-2-3-9;1-5-9-8(6-7-8)10-11(2,3)4/h12H,4-8H2,1-3H3;9H,1-8H2;5-7H2,1-4H3. The van der Waals surface area contributed by atoms with Gasteiger partial charge in [-0.2, -0.15) is 0 Å². The number of amides is 1. The van der Waals surface area contributed by atoms with Crippen molar-refractivity contribution >= 4 is 14.4 Å². The van der Waals surface area contributed by atoms with Gasteiger partial charge in [-0.3, -0.25) is 4.90 Å². The van der Waals surface area contributed by atoms with Gasteiger partial charge in [0, 0.05) is 57.1 Å². The zero-order valence-corrected chi connectivity index (χ0v) is 25.9. The Morgan fingerprint density at radius 3 is 2.05 bits per heavy atom. The van der Waals surface area contributed by atoms with E-state index >= 15 is 0 Å². The Morgan fingerprint density at radius 1 is 0.973 bits per heavy atom. The largest absolute Gasteiger partial charge is 0.444 e. The third-order valence-electron chi connectivity index (χ3n) is 8.54. The van der Waals surface area contributed by atoms with Crippen LogP contribution >= 0.6 is 0 Å². The molecule has 0 aromatic carbocycles. The summed E-state index contributed by atoms with van der Waals surface area (Å²) in [6.07, 6.45) is 12.3. The van der Waals surface area contributed by atoms with Gasteiger partial charge in [0.15, 0.2) is 14.1 Å². The van der Waals surface area contributed by atoms with Gasteiger partial charge < -0.3 is 24.1 Å². The molecular formula is C29H55N3O4Si. The van der Waals surface area contributed by atoms with E-state index in [9.17, 15) is 4.79 Å². The van der Waals surface area contributed by atoms with Crippen LogP contribution in [0.2, 0.25) is 19.6 Å². The second-order valence-corrected chi connectivity index (χ2v) is 19.1. The normalized spacial score (nSPS) is 26.9. The van der Waals surface area contributed by atoms with E-state index in [1.165, 1.54) is 58.0 Å². The Kier molecular flexibility index (Phi) is 8.77. The molecule has 214 valence electrons. The maximum Gasteiger partial charge on any atom is 0.410 e. The van der Waals surface area contributed by atoms with Gasteiger partial charge in [0.05, 0.1) is 0 Å². The predicted octanol–water partition coefficient (Wildman–Crippen LogP) is 5.61. The summed E-state index contributed by atoms with van der Waals surface area (Å²) < 4.78 is 16.7. The smallest absolute Gasteiger partial charge is 0.410 e. The fraction of sp³-hybridized carbons (Fsp3) is 0.966. The summed E-state index contributed by atoms with van der Waals surface area (Å²) in [5, 5.41) is 3.34. The molecule has 37 heavy (non-hydrogen) atoms. The number of carbonyl (C=O) groups is 1. The molecule has 3 saturated heterocycles. The third kappa shape index (κ3) is 8.40. The van der Waals surface area contributed by atoms with E-state index in [-0.39, 0.29) is 17.5 Å². The number of ether oxygens (including phenoxy) is 2. The summed E-state index contributed by atoms with van der Waals surface area (Å²) in [6, 6.07) is 1.02. The van der Waals surface area contributed by atoms with Crippen molar-refractivity contribution in [3.8, 4) is 0 Å². The van der Waals surface area contributed by atoms with E-state index in [1.54, 1.807) is 4.90 Å². The first-order chi connectivity index (χ1) is 17.3. The lowest BCUT2D eigenvalue weighted by atomic mass is 9.68. The van der Waals surface area contributed by atoms with Crippen molar-refractivity contribution in [2.75, 3.05) is 45.9 Å². The summed E-state index contributed by atoms with van der Waals surface area (Å²) in [7, 11) is -1.39. The van der Waals surface area contributed by atoms with Crippen molar-refractivity contribution in [3.63, 3.8) is 0 Å². The summed E-state index contributed by atoms with van der Waals surface area (Å²) in [6.45, 7) is 21.8. The maximum atomic E-state index is 11.7. The lowest BCUT2D eigenvalue weighted by Crippen LogP contribution is -2.60. The van der Waals surface area contributed by atoms with Crippen LogP contribution in [0.5, 0.6) is 0 Å². The molecule has 0 atom stereocenters. The summed E-state index contributed by atoms with van der Waals surface area (Å²) in [4.78, 5) is 16.2. The average Bonchev–Trinajstić information content (AvgIpc) is 3.60. The molecule has 0 bridgehead atoms. The Labute approximate surface area is 227 Å². The van der Waals surface area contributed by atoms with Crippen LogP contribution < -0.4 is 5.32 Å². The molecule has 7 nitrogen and oxygen atoms in total. The van der Waals surface area contributed by atoms with Gasteiger partial charge in [0.2, 0.25) is 0 Å². The van der Waals surface area contributed by atoms with Gasteiger partial charge in [-0.15, -0.1) is 0 Å². The Hall–Kier alpha value is -0.673. The van der Waals surface area contributed by atoms with Crippen LogP contribution in [0.1, 0.15) is 85.5 Å². The highest BCUT2D eigenvalue weighted by atomic mass is 28.4. The summed E-state index contributed by atoms with van der Waals surface area (Å²) >= 11 is 0. The number of nitrogens with zero attached hydrogens (tertiary/aromatic N) is 2. The summed E-state index contributed by atoms with van der Waals surface area (Å²) in [5.41, 5.74) is 0.813. The molecule has 3 aliphatic heterocycles. The molecule has 6 rings (SSSR count). The van der Waals surface area contributed by atoms with Gasteiger partial charge in [-0.1, -0.05) is 6.42 Å². The Morgan fingerprint density at radius 2 is 1.65 bits per heavy atom. The molecule has 3 aliphatic carbocycles. The molecule has 0 aromatic rings. The van der Waals surface area contributed by atoms with Gasteiger partial charge in [0.1, 0.15) is 5.60 Å². The molecular weight excluding hydrogens is 482 g/mol. The molecule has 2 spiro atoms. The second-order valence-electron chi connectivity index (χ2n) is 14.6. The molecule has 0 unspecified atom stereocenters. The van der Waals surface area contributed by atoms with Crippen molar-refractivity contribution in [1.29, 1.82) is 0 Å². The number of carbonyl (C=O) groups excluding carboxylic acids is 1. The number of rotatable bonds is 5. The molecule has 1 amide bonds. The van der Waals surface area contributed by atoms with Crippen molar-refractivity contribution in [1.82, 2.24) is 15.1 Å². The van der Waals surface area contributed by atoms with Crippen molar-refractivity contribution in [2.24, 2.45) is 10.8 Å². The number of likely N-dealkylation sites (tertiary alicyclic amines) is 2. The van der Waals surface area contributed by atoms with E-state index < -0.39 is 8.32 Å². The van der Waals surface area contributed by atoms with Crippen molar-refractivity contribution < 1.29 is 18.7 Å². The molecule has 6 fully saturated rings. The van der Waals surface area contributed by atoms with Crippen LogP contribution in [0.25, 0.3) is 0 Å². The van der Waals surface area contributed by atoms with Crippen LogP contribution in [0, 0.1) is 10.8 Å². The molecule has 3 saturated carbocycles. The number of hydrogen-bond acceptors (Lipinski definition) is 6. The van der Waals surface area contributed by atoms with E-state index in [0.29, 0.717) is 5.41 Å². The maximum absolute atomic E-state index is 11.7. The first kappa shape index (κ1) is 29.3. The minimum absolute atomic E-state index is 0.154. The molecule has 0 radical (unpaired) electrons. The number of hydrogen-bond donors (Lipinski definition) is 1. The SMILES string of the molecule is C1CC2(C1)CCN(C1CC1)C2.CC(C)(C)OC(=O)N1CC2(CCNC2)C1.CCOC1(O[Si](C)(C)C)CC1. The minimum Gasteiger partial charge on any atom is -0.444 e. The molecule has 6 aliphatic rings. The first-order valence-corrected chi connectivity index (χ1v) is 18.4. The van der Waals surface area contributed by atoms with Gasteiger partial charge >= 0.3 is 6.09 Å². The van der Waals surface area contributed by atoms with Crippen LogP contribution in [-0.4, -0.2) is 87.5 Å². The number of nitrogens with one attached hydrogen (secondary N) is 1. The van der Waals surface area contributed by atoms with Crippen LogP contribution in [0.4, 0.5) is 4.79 Å². The fourth-order valence-corrected chi connectivity index (χ4v) is 7.67. The van der Waals surface area contributed by atoms with Gasteiger partial charge in [0.25, 0.3) is 0 Å². The molecule has 1 N–H and O–H groups in total. The average molecular weight is 538 g/mol. The highest BCUT2D eigenvalue weighted by Gasteiger charge is 2.49. The zero-order valence-electron chi connectivity index (χ0n) is 24.9. The lowest BCUT2D eigenvalue weighted by Gasteiger charge is -2.47. The predicted molar refractivity (Wildman–Crippen MR) is 151 cm³/mol. The van der Waals surface area contributed by atoms with Crippen molar-refractivity contribution in [2.45, 2.75) is 123 Å². The highest BCUT2D eigenvalue weighted by molar-refractivity contribution is 6.69. The summed E-state index contributed by atoms with van der Waals surface area (Å²) in [5.74, 6) is -0.154. The topological polar surface area (TPSA) is 63.3 Å². The van der Waals surface area contributed by atoms with Crippen LogP contribution in [-0.2, 0) is 13.9 Å². The minimum atomic E-state index is -1.39. The zero-order chi connectivity index (χ0) is 27.0. The Bertz CT molecular complexity index is 767. The quantitative estimate of drug-likeness (QED) is 0.364. The third-order valence-corrected chi connectivity index (χ3v) is 9.52. The molecule has 3 heterocycles. The van der Waals surface area contributed by atoms with E-state index in [4.69, 9.17) is 13.9 Å². The first-order valence-electron chi connectivity index (χ1n) is 15.0. The van der Waals surface area contributed by atoms with E-state index in [1.807, 2.05) is 27.7 Å².